The molecule has 150 valence electrons. The Morgan fingerprint density at radius 2 is 2.07 bits per heavy atom. The molecule has 1 saturated heterocycles. The summed E-state index contributed by atoms with van der Waals surface area (Å²) in [6, 6.07) is 3.33. The summed E-state index contributed by atoms with van der Waals surface area (Å²) < 4.78 is 21.5. The van der Waals surface area contributed by atoms with Crippen LogP contribution in [-0.4, -0.2) is 59.3 Å². The van der Waals surface area contributed by atoms with Crippen LogP contribution >= 0.6 is 0 Å². The van der Waals surface area contributed by atoms with E-state index in [9.17, 15) is 4.79 Å². The molecular weight excluding hydrogens is 364 g/mol. The van der Waals surface area contributed by atoms with Crippen LogP contribution in [0.15, 0.2) is 16.7 Å². The van der Waals surface area contributed by atoms with E-state index in [-0.39, 0.29) is 24.5 Å². The Kier molecular flexibility index (Phi) is 5.43. The Morgan fingerprint density at radius 1 is 1.21 bits per heavy atom. The molecule has 1 unspecified atom stereocenters. The third-order valence-electron chi connectivity index (χ3n) is 5.00. The number of ether oxygens (including phenoxy) is 3. The predicted octanol–water partition coefficient (Wildman–Crippen LogP) is 2.18. The average molecular weight is 388 g/mol. The van der Waals surface area contributed by atoms with Crippen molar-refractivity contribution in [2.24, 2.45) is 0 Å². The highest BCUT2D eigenvalue weighted by Crippen LogP contribution is 2.38. The first kappa shape index (κ1) is 18.7. The van der Waals surface area contributed by atoms with Crippen LogP contribution in [0.25, 0.3) is 0 Å². The zero-order valence-corrected chi connectivity index (χ0v) is 16.1. The number of carbonyl (C=O) groups excluding carboxylic acids is 1. The van der Waals surface area contributed by atoms with Crippen molar-refractivity contribution in [1.29, 1.82) is 0 Å². The van der Waals surface area contributed by atoms with Gasteiger partial charge in [-0.3, -0.25) is 4.79 Å². The van der Waals surface area contributed by atoms with Crippen molar-refractivity contribution in [3.63, 3.8) is 0 Å². The fraction of sp³-hybridized carbons (Fsp3) is 0.579. The summed E-state index contributed by atoms with van der Waals surface area (Å²) in [5.41, 5.74) is 0.412. The van der Waals surface area contributed by atoms with Crippen LogP contribution in [0.4, 0.5) is 0 Å². The molecule has 9 heteroatoms. The van der Waals surface area contributed by atoms with Gasteiger partial charge in [-0.15, -0.1) is 0 Å². The number of carbonyl (C=O) groups is 1. The second-order valence-corrected chi connectivity index (χ2v) is 7.06. The molecule has 1 aliphatic heterocycles. The minimum absolute atomic E-state index is 0.0776. The van der Waals surface area contributed by atoms with Gasteiger partial charge >= 0.3 is 0 Å². The van der Waals surface area contributed by atoms with Gasteiger partial charge in [-0.25, -0.2) is 0 Å². The number of pyridine rings is 1. The van der Waals surface area contributed by atoms with E-state index in [1.807, 2.05) is 0 Å². The van der Waals surface area contributed by atoms with Crippen LogP contribution in [0.2, 0.25) is 0 Å². The van der Waals surface area contributed by atoms with Crippen LogP contribution in [0.5, 0.6) is 11.8 Å². The van der Waals surface area contributed by atoms with E-state index >= 15 is 0 Å². The maximum atomic E-state index is 13.0. The van der Waals surface area contributed by atoms with Crippen LogP contribution < -0.4 is 9.47 Å². The van der Waals surface area contributed by atoms with Crippen LogP contribution in [0.3, 0.4) is 0 Å². The van der Waals surface area contributed by atoms with Gasteiger partial charge in [0.1, 0.15) is 12.2 Å². The molecule has 2 fully saturated rings. The lowest BCUT2D eigenvalue weighted by atomic mass is 10.1. The van der Waals surface area contributed by atoms with E-state index in [1.165, 1.54) is 14.2 Å². The number of hydrogen-bond donors (Lipinski definition) is 0. The first-order chi connectivity index (χ1) is 13.7. The maximum Gasteiger partial charge on any atom is 0.259 e. The number of aromatic nitrogens is 3. The van der Waals surface area contributed by atoms with Gasteiger partial charge in [0.25, 0.3) is 11.8 Å². The van der Waals surface area contributed by atoms with E-state index in [2.05, 4.69) is 15.1 Å². The highest BCUT2D eigenvalue weighted by atomic mass is 16.5. The van der Waals surface area contributed by atoms with E-state index in [4.69, 9.17) is 18.7 Å². The minimum Gasteiger partial charge on any atom is -0.481 e. The van der Waals surface area contributed by atoms with Crippen molar-refractivity contribution < 1.29 is 23.5 Å². The number of methoxy groups -OCH3 is 2. The number of nitrogens with zero attached hydrogens (tertiary/aromatic N) is 4. The normalized spacial score (nSPS) is 19.5. The molecule has 0 bridgehead atoms. The second-order valence-electron chi connectivity index (χ2n) is 7.06. The van der Waals surface area contributed by atoms with Gasteiger partial charge in [0.05, 0.1) is 20.3 Å². The molecule has 0 N–H and O–H groups in total. The van der Waals surface area contributed by atoms with E-state index < -0.39 is 0 Å². The number of amides is 1. The van der Waals surface area contributed by atoms with Crippen molar-refractivity contribution in [1.82, 2.24) is 20.0 Å². The Morgan fingerprint density at radius 3 is 2.82 bits per heavy atom. The lowest BCUT2D eigenvalue weighted by Crippen LogP contribution is -2.43. The maximum absolute atomic E-state index is 13.0. The van der Waals surface area contributed by atoms with Crippen LogP contribution in [0.1, 0.15) is 53.7 Å². The molecule has 3 heterocycles. The molecular formula is C19H24N4O5. The third-order valence-corrected chi connectivity index (χ3v) is 5.00. The smallest absolute Gasteiger partial charge is 0.259 e. The number of piperidine rings is 1. The van der Waals surface area contributed by atoms with E-state index in [1.54, 1.807) is 17.0 Å². The van der Waals surface area contributed by atoms with Gasteiger partial charge in [0.2, 0.25) is 11.8 Å². The van der Waals surface area contributed by atoms with E-state index in [0.717, 1.165) is 31.5 Å². The standard InChI is InChI=1S/C19H24N4O5/c1-25-15-8-7-14(18(21-15)26-2)19(24)23-9-3-4-13(10-23)27-11-16-20-17(22-28-16)12-5-6-12/h7-8,12-13H,3-6,9-11H2,1-2H3. The largest absolute Gasteiger partial charge is 0.481 e. The lowest BCUT2D eigenvalue weighted by molar-refractivity contribution is -0.0154. The lowest BCUT2D eigenvalue weighted by Gasteiger charge is -2.32. The SMILES string of the molecule is COc1ccc(C(=O)N2CCCC(OCc3nc(C4CC4)no3)C2)c(OC)n1. The fourth-order valence-corrected chi connectivity index (χ4v) is 3.31. The minimum atomic E-state index is -0.130. The number of likely N-dealkylation sites (tertiary alicyclic amines) is 1. The molecule has 1 amide bonds. The van der Waals surface area contributed by atoms with Gasteiger partial charge < -0.3 is 23.6 Å². The molecule has 4 rings (SSSR count). The van der Waals surface area contributed by atoms with Crippen molar-refractivity contribution in [2.75, 3.05) is 27.3 Å². The van der Waals surface area contributed by atoms with Crippen molar-refractivity contribution in [2.45, 2.75) is 44.3 Å². The summed E-state index contributed by atoms with van der Waals surface area (Å²) >= 11 is 0. The number of rotatable bonds is 7. The Hall–Kier alpha value is -2.68. The third kappa shape index (κ3) is 4.09. The van der Waals surface area contributed by atoms with Crippen molar-refractivity contribution in [3.8, 4) is 11.8 Å². The van der Waals surface area contributed by atoms with Crippen LogP contribution in [-0.2, 0) is 11.3 Å². The summed E-state index contributed by atoms with van der Waals surface area (Å²) in [7, 11) is 3.01. The first-order valence-electron chi connectivity index (χ1n) is 9.50. The Bertz CT molecular complexity index is 835. The Balaban J connectivity index is 1.36. The molecule has 2 aliphatic rings. The second kappa shape index (κ2) is 8.14. The molecule has 0 radical (unpaired) electrons. The van der Waals surface area contributed by atoms with Crippen molar-refractivity contribution in [3.05, 3.63) is 29.4 Å². The summed E-state index contributed by atoms with van der Waals surface area (Å²) in [4.78, 5) is 23.3. The quantitative estimate of drug-likeness (QED) is 0.712. The molecule has 1 saturated carbocycles. The van der Waals surface area contributed by atoms with Crippen molar-refractivity contribution >= 4 is 5.91 Å². The first-order valence-corrected chi connectivity index (χ1v) is 9.50. The van der Waals surface area contributed by atoms with Gasteiger partial charge in [0, 0.05) is 25.1 Å². The van der Waals surface area contributed by atoms with Gasteiger partial charge in [-0.1, -0.05) is 5.16 Å². The topological polar surface area (TPSA) is 99.8 Å². The Labute approximate surface area is 163 Å². The summed E-state index contributed by atoms with van der Waals surface area (Å²) in [6.45, 7) is 1.43. The molecule has 28 heavy (non-hydrogen) atoms. The molecule has 0 spiro atoms. The molecule has 0 aromatic carbocycles. The van der Waals surface area contributed by atoms with Gasteiger partial charge in [-0.2, -0.15) is 9.97 Å². The van der Waals surface area contributed by atoms with Gasteiger partial charge in [0.15, 0.2) is 5.82 Å². The van der Waals surface area contributed by atoms with E-state index in [0.29, 0.717) is 36.3 Å². The molecule has 1 atom stereocenters. The number of hydrogen-bond acceptors (Lipinski definition) is 8. The van der Waals surface area contributed by atoms with Gasteiger partial charge in [-0.05, 0) is 31.7 Å². The zero-order valence-electron chi connectivity index (χ0n) is 16.1. The highest BCUT2D eigenvalue weighted by molar-refractivity contribution is 5.96. The summed E-state index contributed by atoms with van der Waals surface area (Å²) in [5.74, 6) is 2.25. The molecule has 2 aromatic heterocycles. The molecule has 2 aromatic rings. The highest BCUT2D eigenvalue weighted by Gasteiger charge is 2.30. The average Bonchev–Trinajstić information content (AvgIpc) is 3.49. The fourth-order valence-electron chi connectivity index (χ4n) is 3.31. The zero-order chi connectivity index (χ0) is 19.5. The monoisotopic (exact) mass is 388 g/mol. The summed E-state index contributed by atoms with van der Waals surface area (Å²) in [5, 5.41) is 4.00. The van der Waals surface area contributed by atoms with Crippen LogP contribution in [0, 0.1) is 0 Å². The predicted molar refractivity (Wildman–Crippen MR) is 97.3 cm³/mol. The molecule has 1 aliphatic carbocycles. The molecule has 9 nitrogen and oxygen atoms in total. The summed E-state index contributed by atoms with van der Waals surface area (Å²) in [6.07, 6.45) is 3.92.